The van der Waals surface area contributed by atoms with Gasteiger partial charge in [0.2, 0.25) is 0 Å². The molecule has 2 aliphatic heterocycles. The van der Waals surface area contributed by atoms with Crippen molar-refractivity contribution in [1.29, 1.82) is 0 Å². The van der Waals surface area contributed by atoms with Crippen molar-refractivity contribution in [3.63, 3.8) is 0 Å². The average Bonchev–Trinajstić information content (AvgIpc) is 2.28. The van der Waals surface area contributed by atoms with Crippen LogP contribution in [0.4, 0.5) is 5.69 Å². The van der Waals surface area contributed by atoms with Crippen molar-refractivity contribution < 1.29 is 4.79 Å². The summed E-state index contributed by atoms with van der Waals surface area (Å²) in [6.45, 7) is 5.22. The van der Waals surface area contributed by atoms with E-state index in [2.05, 4.69) is 36.9 Å². The first-order valence-corrected chi connectivity index (χ1v) is 6.51. The third kappa shape index (κ3) is 1.86. The molecule has 0 N–H and O–H groups in total. The van der Waals surface area contributed by atoms with E-state index in [1.54, 1.807) is 0 Å². The predicted molar refractivity (Wildman–Crippen MR) is 69.4 cm³/mol. The van der Waals surface area contributed by atoms with Crippen LogP contribution in [-0.2, 0) is 4.79 Å². The van der Waals surface area contributed by atoms with Crippen molar-refractivity contribution in [3.8, 4) is 0 Å². The molecule has 4 rings (SSSR count). The third-order valence-corrected chi connectivity index (χ3v) is 4.14. The Labute approximate surface area is 103 Å². The number of Topliss-reactive ketones (excluding diaryl/α,β-unsaturated/α-hetero) is 1. The molecule has 17 heavy (non-hydrogen) atoms. The van der Waals surface area contributed by atoms with Gasteiger partial charge in [0.05, 0.1) is 0 Å². The first kappa shape index (κ1) is 10.8. The average molecular weight is 229 g/mol. The number of ketones is 1. The van der Waals surface area contributed by atoms with Gasteiger partial charge >= 0.3 is 0 Å². The minimum Gasteiger partial charge on any atom is -0.367 e. The van der Waals surface area contributed by atoms with E-state index in [1.807, 2.05) is 0 Å². The molecule has 2 unspecified atom stereocenters. The maximum absolute atomic E-state index is 11.7. The molecule has 1 aliphatic carbocycles. The molecule has 1 aromatic rings. The van der Waals surface area contributed by atoms with E-state index in [0.717, 1.165) is 19.4 Å². The number of fused-ring (bicyclic) bond motifs is 3. The minimum absolute atomic E-state index is 0.292. The number of anilines is 1. The van der Waals surface area contributed by atoms with Gasteiger partial charge in [-0.1, -0.05) is 6.07 Å². The first-order valence-electron chi connectivity index (χ1n) is 6.51. The Balaban J connectivity index is 1.92. The highest BCUT2D eigenvalue weighted by Crippen LogP contribution is 2.36. The van der Waals surface area contributed by atoms with E-state index in [9.17, 15) is 4.79 Å². The summed E-state index contributed by atoms with van der Waals surface area (Å²) in [6, 6.07) is 7.15. The number of hydrogen-bond acceptors (Lipinski definition) is 2. The molecule has 90 valence electrons. The molecule has 2 heterocycles. The van der Waals surface area contributed by atoms with Crippen molar-refractivity contribution >= 4 is 11.5 Å². The molecule has 0 amide bonds. The monoisotopic (exact) mass is 229 g/mol. The molecule has 2 heteroatoms. The Bertz CT molecular complexity index is 446. The zero-order valence-electron chi connectivity index (χ0n) is 10.6. The number of carbonyl (C=O) groups is 1. The predicted octanol–water partition coefficient (Wildman–Crippen LogP) is 2.86. The summed E-state index contributed by atoms with van der Waals surface area (Å²) in [6.07, 6.45) is 3.05. The van der Waals surface area contributed by atoms with E-state index in [0.29, 0.717) is 17.7 Å². The van der Waals surface area contributed by atoms with Gasteiger partial charge in [-0.2, -0.15) is 0 Å². The van der Waals surface area contributed by atoms with Crippen molar-refractivity contribution in [2.24, 2.45) is 5.92 Å². The Kier molecular flexibility index (Phi) is 2.46. The van der Waals surface area contributed by atoms with Gasteiger partial charge in [0.1, 0.15) is 5.78 Å². The van der Waals surface area contributed by atoms with Crippen LogP contribution < -0.4 is 4.90 Å². The van der Waals surface area contributed by atoms with Crippen molar-refractivity contribution in [3.05, 3.63) is 29.3 Å². The number of benzene rings is 1. The van der Waals surface area contributed by atoms with Gasteiger partial charge in [-0.25, -0.2) is 0 Å². The summed E-state index contributed by atoms with van der Waals surface area (Å²) in [5, 5.41) is 0. The van der Waals surface area contributed by atoms with Crippen LogP contribution in [0.3, 0.4) is 0 Å². The molecule has 2 nitrogen and oxygen atoms in total. The standard InChI is InChI=1S/C15H19NO/c1-10-5-11(2)7-14(6-10)16-9-12-3-4-13(16)8-15(12)17/h5-7,12-13H,3-4,8-9H2,1-2H3. The Morgan fingerprint density at radius 1 is 1.12 bits per heavy atom. The molecule has 3 fully saturated rings. The van der Waals surface area contributed by atoms with Crippen LogP contribution in [0, 0.1) is 19.8 Å². The van der Waals surface area contributed by atoms with Gasteiger partial charge in [-0.3, -0.25) is 4.79 Å². The molecule has 2 bridgehead atoms. The molecule has 0 radical (unpaired) electrons. The second-order valence-electron chi connectivity index (χ2n) is 5.60. The molecule has 1 saturated carbocycles. The van der Waals surface area contributed by atoms with Gasteiger partial charge in [0.25, 0.3) is 0 Å². The fourth-order valence-corrected chi connectivity index (χ4v) is 3.33. The zero-order chi connectivity index (χ0) is 12.0. The minimum atomic E-state index is 0.292. The number of hydrogen-bond donors (Lipinski definition) is 0. The topological polar surface area (TPSA) is 20.3 Å². The highest BCUT2D eigenvalue weighted by molar-refractivity contribution is 5.85. The Morgan fingerprint density at radius 2 is 1.82 bits per heavy atom. The molecule has 2 atom stereocenters. The molecule has 0 spiro atoms. The molecule has 3 aliphatic rings. The van der Waals surface area contributed by atoms with E-state index >= 15 is 0 Å². The van der Waals surface area contributed by atoms with Crippen LogP contribution in [0.5, 0.6) is 0 Å². The third-order valence-electron chi connectivity index (χ3n) is 4.14. The summed E-state index contributed by atoms with van der Waals surface area (Å²) in [5.41, 5.74) is 3.94. The normalized spacial score (nSPS) is 27.6. The van der Waals surface area contributed by atoms with Crippen LogP contribution in [-0.4, -0.2) is 18.4 Å². The van der Waals surface area contributed by atoms with Crippen LogP contribution in [0.25, 0.3) is 0 Å². The summed E-state index contributed by atoms with van der Waals surface area (Å²) in [7, 11) is 0. The van der Waals surface area contributed by atoms with Crippen LogP contribution in [0.15, 0.2) is 18.2 Å². The van der Waals surface area contributed by atoms with E-state index in [4.69, 9.17) is 0 Å². The van der Waals surface area contributed by atoms with Gasteiger partial charge in [-0.05, 0) is 49.9 Å². The highest BCUT2D eigenvalue weighted by Gasteiger charge is 2.39. The zero-order valence-corrected chi connectivity index (χ0v) is 10.6. The number of carbonyl (C=O) groups excluding carboxylic acids is 1. The SMILES string of the molecule is Cc1cc(C)cc(N2CC3CCC2CC3=O)c1. The fraction of sp³-hybridized carbons (Fsp3) is 0.533. The molecule has 1 aromatic carbocycles. The van der Waals surface area contributed by atoms with Gasteiger partial charge in [-0.15, -0.1) is 0 Å². The van der Waals surface area contributed by atoms with Crippen LogP contribution in [0.1, 0.15) is 30.4 Å². The molecule has 0 aromatic heterocycles. The lowest BCUT2D eigenvalue weighted by Gasteiger charge is -2.45. The Hall–Kier alpha value is -1.31. The largest absolute Gasteiger partial charge is 0.367 e. The van der Waals surface area contributed by atoms with Crippen LogP contribution >= 0.6 is 0 Å². The van der Waals surface area contributed by atoms with Gasteiger partial charge < -0.3 is 4.90 Å². The lowest BCUT2D eigenvalue weighted by Crippen LogP contribution is -2.52. The highest BCUT2D eigenvalue weighted by atomic mass is 16.1. The second-order valence-corrected chi connectivity index (χ2v) is 5.60. The Morgan fingerprint density at radius 3 is 2.35 bits per heavy atom. The van der Waals surface area contributed by atoms with E-state index in [1.165, 1.54) is 23.2 Å². The molecular weight excluding hydrogens is 210 g/mol. The quantitative estimate of drug-likeness (QED) is 0.738. The summed E-state index contributed by atoms with van der Waals surface area (Å²) in [5.74, 6) is 0.780. The van der Waals surface area contributed by atoms with Crippen molar-refractivity contribution in [2.45, 2.75) is 39.2 Å². The summed E-state index contributed by atoms with van der Waals surface area (Å²) < 4.78 is 0. The van der Waals surface area contributed by atoms with Crippen molar-refractivity contribution in [2.75, 3.05) is 11.4 Å². The van der Waals surface area contributed by atoms with Crippen molar-refractivity contribution in [1.82, 2.24) is 0 Å². The van der Waals surface area contributed by atoms with Gasteiger partial charge in [0.15, 0.2) is 0 Å². The second kappa shape index (κ2) is 3.86. The smallest absolute Gasteiger partial charge is 0.139 e. The lowest BCUT2D eigenvalue weighted by atomic mass is 9.78. The summed E-state index contributed by atoms with van der Waals surface area (Å²) in [4.78, 5) is 14.2. The van der Waals surface area contributed by atoms with E-state index in [-0.39, 0.29) is 0 Å². The summed E-state index contributed by atoms with van der Waals surface area (Å²) >= 11 is 0. The molecular formula is C15H19NO. The maximum Gasteiger partial charge on any atom is 0.139 e. The fourth-order valence-electron chi connectivity index (χ4n) is 3.33. The van der Waals surface area contributed by atoms with Gasteiger partial charge in [0, 0.05) is 30.6 Å². The number of nitrogens with zero attached hydrogens (tertiary/aromatic N) is 1. The maximum atomic E-state index is 11.7. The number of aryl methyl sites for hydroxylation is 2. The number of piperidine rings is 2. The molecule has 2 saturated heterocycles. The number of rotatable bonds is 1. The first-order chi connectivity index (χ1) is 8.13. The van der Waals surface area contributed by atoms with E-state index < -0.39 is 0 Å². The van der Waals surface area contributed by atoms with Crippen LogP contribution in [0.2, 0.25) is 0 Å². The lowest BCUT2D eigenvalue weighted by molar-refractivity contribution is -0.126.